The zero-order chi connectivity index (χ0) is 14.1. The Balaban J connectivity index is 0.00000137. The Bertz CT molecular complexity index is 370. The lowest BCUT2D eigenvalue weighted by molar-refractivity contribution is -0.132. The van der Waals surface area contributed by atoms with E-state index < -0.39 is 5.97 Å². The van der Waals surface area contributed by atoms with Crippen molar-refractivity contribution in [2.75, 3.05) is 7.05 Å². The first kappa shape index (κ1) is 16.2. The molecular formula is C13H23N3O2. The second-order valence-electron chi connectivity index (χ2n) is 3.51. The number of nitrogens with zero attached hydrogens (tertiary/aromatic N) is 1. The van der Waals surface area contributed by atoms with Crippen LogP contribution in [-0.2, 0) is 4.79 Å². The van der Waals surface area contributed by atoms with E-state index in [0.29, 0.717) is 0 Å². The van der Waals surface area contributed by atoms with E-state index in [9.17, 15) is 4.79 Å². The summed E-state index contributed by atoms with van der Waals surface area (Å²) in [5.74, 6) is -0.929. The molecule has 0 aromatic rings. The van der Waals surface area contributed by atoms with Gasteiger partial charge in [0.2, 0.25) is 0 Å². The fourth-order valence-electron chi connectivity index (χ4n) is 1.22. The van der Waals surface area contributed by atoms with Crippen LogP contribution in [0.5, 0.6) is 0 Å². The van der Waals surface area contributed by atoms with E-state index in [2.05, 4.69) is 11.0 Å². The molecule has 102 valence electrons. The lowest BCUT2D eigenvalue weighted by Gasteiger charge is -2.09. The fraction of sp³-hybridized carbons (Fsp3) is 0.462. The van der Waals surface area contributed by atoms with Crippen LogP contribution in [-0.4, -0.2) is 23.1 Å². The van der Waals surface area contributed by atoms with Crippen LogP contribution in [0.2, 0.25) is 0 Å². The highest BCUT2D eigenvalue weighted by Crippen LogP contribution is 2.12. The fourth-order valence-corrected chi connectivity index (χ4v) is 1.22. The highest BCUT2D eigenvalue weighted by molar-refractivity contribution is 5.90. The Kier molecular flexibility index (Phi) is 7.54. The van der Waals surface area contributed by atoms with Crippen LogP contribution in [0.3, 0.4) is 0 Å². The molecule has 5 heteroatoms. The summed E-state index contributed by atoms with van der Waals surface area (Å²) in [5, 5.41) is 10.8. The van der Waals surface area contributed by atoms with Gasteiger partial charge in [0.1, 0.15) is 0 Å². The molecule has 0 spiro atoms. The van der Waals surface area contributed by atoms with Crippen molar-refractivity contribution in [2.24, 2.45) is 0 Å². The minimum atomic E-state index is -0.929. The van der Waals surface area contributed by atoms with Gasteiger partial charge in [0.15, 0.2) is 0 Å². The van der Waals surface area contributed by atoms with Crippen molar-refractivity contribution >= 4 is 5.97 Å². The van der Waals surface area contributed by atoms with E-state index in [1.807, 2.05) is 40.8 Å². The second-order valence-corrected chi connectivity index (χ2v) is 3.51. The monoisotopic (exact) mass is 253 g/mol. The third-order valence-corrected chi connectivity index (χ3v) is 2.33. The minimum absolute atomic E-state index is 0.265. The maximum Gasteiger partial charge on any atom is 0.335 e. The predicted molar refractivity (Wildman–Crippen MR) is 73.2 cm³/mol. The molecule has 18 heavy (non-hydrogen) atoms. The molecule has 0 saturated carbocycles. The highest BCUT2D eigenvalue weighted by atomic mass is 16.4. The van der Waals surface area contributed by atoms with Gasteiger partial charge in [-0.2, -0.15) is 0 Å². The zero-order valence-corrected chi connectivity index (χ0v) is 11.7. The number of aliphatic carboxylic acids is 1. The zero-order valence-electron chi connectivity index (χ0n) is 11.7. The van der Waals surface area contributed by atoms with Gasteiger partial charge in [-0.25, -0.2) is 4.79 Å². The van der Waals surface area contributed by atoms with Gasteiger partial charge in [-0.1, -0.05) is 32.9 Å². The third kappa shape index (κ3) is 4.63. The van der Waals surface area contributed by atoms with Crippen LogP contribution in [0.4, 0.5) is 0 Å². The van der Waals surface area contributed by atoms with Crippen molar-refractivity contribution in [3.05, 3.63) is 35.2 Å². The maximum atomic E-state index is 11.0. The number of hydrogen-bond donors (Lipinski definition) is 3. The first-order chi connectivity index (χ1) is 8.56. The Morgan fingerprint density at radius 2 is 2.06 bits per heavy atom. The molecule has 0 atom stereocenters. The van der Waals surface area contributed by atoms with E-state index in [0.717, 1.165) is 17.8 Å². The molecule has 1 aliphatic heterocycles. The molecule has 0 radical (unpaired) electrons. The predicted octanol–water partition coefficient (Wildman–Crippen LogP) is 2.18. The maximum absolute atomic E-state index is 11.0. The third-order valence-electron chi connectivity index (χ3n) is 2.33. The summed E-state index contributed by atoms with van der Waals surface area (Å²) < 4.78 is 0. The molecule has 0 unspecified atom stereocenters. The van der Waals surface area contributed by atoms with Crippen molar-refractivity contribution < 1.29 is 9.90 Å². The van der Waals surface area contributed by atoms with Crippen molar-refractivity contribution in [1.29, 1.82) is 0 Å². The number of hydrogen-bond acceptors (Lipinski definition) is 4. The molecule has 0 aromatic heterocycles. The summed E-state index contributed by atoms with van der Waals surface area (Å²) in [6, 6.07) is 0. The summed E-state index contributed by atoms with van der Waals surface area (Å²) >= 11 is 0. The van der Waals surface area contributed by atoms with Gasteiger partial charge < -0.3 is 10.5 Å². The molecule has 0 aromatic carbocycles. The van der Waals surface area contributed by atoms with Gasteiger partial charge in [0.25, 0.3) is 0 Å². The number of hydrazine groups is 2. The van der Waals surface area contributed by atoms with Crippen molar-refractivity contribution in [1.82, 2.24) is 16.0 Å². The number of allylic oxidation sites excluding steroid dienone is 3. The Morgan fingerprint density at radius 3 is 2.44 bits per heavy atom. The van der Waals surface area contributed by atoms with E-state index in [1.165, 1.54) is 0 Å². The summed E-state index contributed by atoms with van der Waals surface area (Å²) in [5.41, 5.74) is 7.74. The molecule has 3 N–H and O–H groups in total. The SMILES string of the molecule is CC.CC/C=C\C(=C/C1=C(C)N(C)NN1)C(=O)O. The van der Waals surface area contributed by atoms with Gasteiger partial charge in [0.05, 0.1) is 17.0 Å². The summed E-state index contributed by atoms with van der Waals surface area (Å²) in [4.78, 5) is 11.0. The summed E-state index contributed by atoms with van der Waals surface area (Å²) in [6.45, 7) is 7.87. The molecular weight excluding hydrogens is 230 g/mol. The first-order valence-electron chi connectivity index (χ1n) is 6.14. The van der Waals surface area contributed by atoms with E-state index in [1.54, 1.807) is 17.2 Å². The summed E-state index contributed by atoms with van der Waals surface area (Å²) in [7, 11) is 1.85. The second kappa shape index (κ2) is 8.36. The van der Waals surface area contributed by atoms with E-state index >= 15 is 0 Å². The van der Waals surface area contributed by atoms with Crippen LogP contribution < -0.4 is 11.0 Å². The van der Waals surface area contributed by atoms with Crippen molar-refractivity contribution in [3.63, 3.8) is 0 Å². The lowest BCUT2D eigenvalue weighted by Crippen LogP contribution is -2.34. The summed E-state index contributed by atoms with van der Waals surface area (Å²) in [6.07, 6.45) is 5.86. The normalized spacial score (nSPS) is 15.6. The number of carboxylic acids is 1. The van der Waals surface area contributed by atoms with Gasteiger partial charge >= 0.3 is 5.97 Å². The molecule has 5 nitrogen and oxygen atoms in total. The average molecular weight is 253 g/mol. The quantitative estimate of drug-likeness (QED) is 0.529. The molecule has 0 saturated heterocycles. The number of carboxylic acid groups (broad SMARTS) is 1. The molecule has 1 rings (SSSR count). The Morgan fingerprint density at radius 1 is 1.44 bits per heavy atom. The minimum Gasteiger partial charge on any atom is -0.478 e. The molecule has 1 heterocycles. The number of carbonyl (C=O) groups is 1. The van der Waals surface area contributed by atoms with E-state index in [-0.39, 0.29) is 5.57 Å². The first-order valence-corrected chi connectivity index (χ1v) is 6.14. The van der Waals surface area contributed by atoms with Crippen molar-refractivity contribution in [2.45, 2.75) is 34.1 Å². The van der Waals surface area contributed by atoms with Crippen molar-refractivity contribution in [3.8, 4) is 0 Å². The lowest BCUT2D eigenvalue weighted by atomic mass is 10.2. The van der Waals surface area contributed by atoms with Crippen LogP contribution in [0.1, 0.15) is 34.1 Å². The molecule has 1 aliphatic rings. The smallest absolute Gasteiger partial charge is 0.335 e. The van der Waals surface area contributed by atoms with Crippen LogP contribution in [0, 0.1) is 0 Å². The molecule has 0 amide bonds. The molecule has 0 fully saturated rings. The molecule has 0 aliphatic carbocycles. The molecule has 0 bridgehead atoms. The highest BCUT2D eigenvalue weighted by Gasteiger charge is 2.14. The standard InChI is InChI=1S/C11H17N3O2.C2H6/c1-4-5-6-9(11(15)16)7-10-8(2)14(3)13-12-10;1-2/h5-7,12-13H,4H2,1-3H3,(H,15,16);1-2H3/b6-5-,9-7+;. The van der Waals surface area contributed by atoms with Gasteiger partial charge in [-0.3, -0.25) is 5.01 Å². The van der Waals surface area contributed by atoms with Crippen LogP contribution in [0.15, 0.2) is 35.2 Å². The number of rotatable bonds is 4. The van der Waals surface area contributed by atoms with Gasteiger partial charge in [-0.15, -0.1) is 5.53 Å². The average Bonchev–Trinajstić information content (AvgIpc) is 2.68. The Hall–Kier alpha value is -1.75. The van der Waals surface area contributed by atoms with Crippen LogP contribution >= 0.6 is 0 Å². The van der Waals surface area contributed by atoms with Gasteiger partial charge in [-0.05, 0) is 19.4 Å². The van der Waals surface area contributed by atoms with Crippen LogP contribution in [0.25, 0.3) is 0 Å². The largest absolute Gasteiger partial charge is 0.478 e. The topological polar surface area (TPSA) is 64.6 Å². The van der Waals surface area contributed by atoms with E-state index in [4.69, 9.17) is 5.11 Å². The Labute approximate surface area is 109 Å². The van der Waals surface area contributed by atoms with Gasteiger partial charge in [0, 0.05) is 7.05 Å². The number of nitrogens with one attached hydrogen (secondary N) is 2.